The minimum Gasteiger partial charge on any atom is -0.310 e. The summed E-state index contributed by atoms with van der Waals surface area (Å²) in [6, 6.07) is 59.0. The molecule has 0 amide bonds. The monoisotopic (exact) mass is 600 g/mol. The van der Waals surface area contributed by atoms with Crippen LogP contribution in [0.2, 0.25) is 0 Å². The van der Waals surface area contributed by atoms with Gasteiger partial charge < -0.3 is 4.90 Å². The molecule has 47 heavy (non-hydrogen) atoms. The number of fused-ring (bicyclic) bond motifs is 10. The van der Waals surface area contributed by atoms with Crippen molar-refractivity contribution < 1.29 is 0 Å². The van der Waals surface area contributed by atoms with E-state index < -0.39 is 5.41 Å². The molecule has 4 nitrogen and oxygen atoms in total. The van der Waals surface area contributed by atoms with Crippen LogP contribution in [0.25, 0.3) is 39.4 Å². The highest BCUT2D eigenvalue weighted by Crippen LogP contribution is 2.63. The van der Waals surface area contributed by atoms with Crippen LogP contribution in [0.15, 0.2) is 170 Å². The molecule has 1 aliphatic heterocycles. The molecule has 4 heteroatoms. The summed E-state index contributed by atoms with van der Waals surface area (Å²) in [4.78, 5) is 12.0. The quantitative estimate of drug-likeness (QED) is 0.202. The Labute approximate surface area is 272 Å². The van der Waals surface area contributed by atoms with Gasteiger partial charge in [0.2, 0.25) is 0 Å². The van der Waals surface area contributed by atoms with Gasteiger partial charge in [-0.05, 0) is 94.0 Å². The summed E-state index contributed by atoms with van der Waals surface area (Å²) in [6.45, 7) is 0. The standard InChI is InChI=1S/C43H28N4/c1-2-13-30(14-3-1)47-40-23-12-28-44-41(40)45-42(47)29-24-26-31(27-25-29)46-38-21-10-8-19-36(38)43(37-20-9-11-22-39(37)46)34-17-6-4-15-32(34)33-16-5-7-18-35(33)43/h1-28H. The van der Waals surface area contributed by atoms with Crippen molar-refractivity contribution in [3.63, 3.8) is 0 Å². The van der Waals surface area contributed by atoms with Crippen molar-refractivity contribution in [1.82, 2.24) is 14.5 Å². The number of hydrogen-bond acceptors (Lipinski definition) is 3. The molecule has 0 atom stereocenters. The van der Waals surface area contributed by atoms with Crippen LogP contribution < -0.4 is 4.90 Å². The Bertz CT molecular complexity index is 2380. The minimum absolute atomic E-state index is 0.412. The number of hydrogen-bond donors (Lipinski definition) is 0. The second-order valence-corrected chi connectivity index (χ2v) is 12.2. The molecule has 0 bridgehead atoms. The van der Waals surface area contributed by atoms with E-state index in [0.29, 0.717) is 0 Å². The minimum atomic E-state index is -0.412. The highest BCUT2D eigenvalue weighted by molar-refractivity contribution is 5.96. The van der Waals surface area contributed by atoms with Crippen molar-refractivity contribution in [2.24, 2.45) is 0 Å². The number of benzene rings is 6. The maximum atomic E-state index is 5.00. The van der Waals surface area contributed by atoms with Crippen molar-refractivity contribution in [2.45, 2.75) is 5.41 Å². The maximum Gasteiger partial charge on any atom is 0.178 e. The predicted octanol–water partition coefficient (Wildman–Crippen LogP) is 10.2. The Morgan fingerprint density at radius 3 is 1.64 bits per heavy atom. The van der Waals surface area contributed by atoms with Crippen molar-refractivity contribution >= 4 is 28.2 Å². The van der Waals surface area contributed by atoms with Crippen molar-refractivity contribution in [1.29, 1.82) is 0 Å². The van der Waals surface area contributed by atoms with Gasteiger partial charge in [-0.3, -0.25) is 4.57 Å². The molecule has 0 fully saturated rings. The van der Waals surface area contributed by atoms with Crippen molar-refractivity contribution in [2.75, 3.05) is 4.90 Å². The first-order chi connectivity index (χ1) is 23.3. The fraction of sp³-hybridized carbons (Fsp3) is 0.0233. The van der Waals surface area contributed by atoms with Crippen LogP contribution >= 0.6 is 0 Å². The van der Waals surface area contributed by atoms with Crippen molar-refractivity contribution in [3.8, 4) is 28.2 Å². The molecular formula is C43H28N4. The Kier molecular flexibility index (Phi) is 5.46. The lowest BCUT2D eigenvalue weighted by molar-refractivity contribution is 0.752. The fourth-order valence-corrected chi connectivity index (χ4v) is 8.05. The van der Waals surface area contributed by atoms with Gasteiger partial charge in [0.1, 0.15) is 5.82 Å². The molecule has 10 rings (SSSR count). The van der Waals surface area contributed by atoms with Crippen LogP contribution in [0.1, 0.15) is 22.3 Å². The van der Waals surface area contributed by atoms with E-state index >= 15 is 0 Å². The Balaban J connectivity index is 1.17. The molecule has 8 aromatic rings. The summed E-state index contributed by atoms with van der Waals surface area (Å²) < 4.78 is 2.20. The summed E-state index contributed by atoms with van der Waals surface area (Å²) in [5, 5.41) is 0. The van der Waals surface area contributed by atoms with Gasteiger partial charge in [-0.2, -0.15) is 0 Å². The SMILES string of the molecule is c1ccc(-n2c(-c3ccc(N4c5ccccc5C5(c6ccccc6-c6ccccc65)c5ccccc54)cc3)nc3ncccc32)cc1. The van der Waals surface area contributed by atoms with Gasteiger partial charge in [-0.25, -0.2) is 9.97 Å². The summed E-state index contributed by atoms with van der Waals surface area (Å²) in [7, 11) is 0. The zero-order valence-electron chi connectivity index (χ0n) is 25.5. The number of rotatable bonds is 3. The van der Waals surface area contributed by atoms with Crippen LogP contribution in [0.4, 0.5) is 17.1 Å². The van der Waals surface area contributed by atoms with Gasteiger partial charge in [-0.1, -0.05) is 103 Å². The van der Waals surface area contributed by atoms with Crippen molar-refractivity contribution in [3.05, 3.63) is 192 Å². The fourth-order valence-electron chi connectivity index (χ4n) is 8.05. The second kappa shape index (κ2) is 9.87. The average molecular weight is 601 g/mol. The van der Waals surface area contributed by atoms with E-state index in [-0.39, 0.29) is 0 Å². The molecule has 0 radical (unpaired) electrons. The molecule has 0 unspecified atom stereocenters. The Hall–Kier alpha value is -6.26. The topological polar surface area (TPSA) is 34.0 Å². The summed E-state index contributed by atoms with van der Waals surface area (Å²) >= 11 is 0. The number of nitrogens with zero attached hydrogens (tertiary/aromatic N) is 4. The number of anilines is 3. The van der Waals surface area contributed by atoms with Gasteiger partial charge in [0, 0.05) is 23.1 Å². The molecule has 3 heterocycles. The lowest BCUT2D eigenvalue weighted by Gasteiger charge is -2.45. The van der Waals surface area contributed by atoms with E-state index in [4.69, 9.17) is 4.98 Å². The van der Waals surface area contributed by atoms with Gasteiger partial charge in [-0.15, -0.1) is 0 Å². The molecule has 0 saturated heterocycles. The number of pyridine rings is 1. The van der Waals surface area contributed by atoms with E-state index in [1.54, 1.807) is 6.20 Å². The highest BCUT2D eigenvalue weighted by Gasteiger charge is 2.51. The molecule has 1 spiro atoms. The summed E-state index contributed by atoms with van der Waals surface area (Å²) in [5.41, 5.74) is 14.7. The lowest BCUT2D eigenvalue weighted by Crippen LogP contribution is -2.36. The smallest absolute Gasteiger partial charge is 0.178 e. The molecule has 0 saturated carbocycles. The molecule has 2 aromatic heterocycles. The highest BCUT2D eigenvalue weighted by atomic mass is 15.2. The van der Waals surface area contributed by atoms with Crippen LogP contribution in [0.3, 0.4) is 0 Å². The Morgan fingerprint density at radius 2 is 1.00 bits per heavy atom. The van der Waals surface area contributed by atoms with Crippen LogP contribution in [-0.4, -0.2) is 14.5 Å². The maximum absolute atomic E-state index is 5.00. The van der Waals surface area contributed by atoms with Gasteiger partial charge in [0.25, 0.3) is 0 Å². The van der Waals surface area contributed by atoms with E-state index in [2.05, 4.69) is 166 Å². The van der Waals surface area contributed by atoms with Crippen LogP contribution in [0.5, 0.6) is 0 Å². The van der Waals surface area contributed by atoms with E-state index in [1.165, 1.54) is 44.8 Å². The molecular weight excluding hydrogens is 573 g/mol. The lowest BCUT2D eigenvalue weighted by atomic mass is 9.64. The average Bonchev–Trinajstić information content (AvgIpc) is 3.68. The first kappa shape index (κ1) is 26.0. The van der Waals surface area contributed by atoms with Gasteiger partial charge in [0.05, 0.1) is 22.3 Å². The molecule has 0 N–H and O–H groups in total. The van der Waals surface area contributed by atoms with E-state index in [9.17, 15) is 0 Å². The van der Waals surface area contributed by atoms with Crippen LogP contribution in [-0.2, 0) is 5.41 Å². The largest absolute Gasteiger partial charge is 0.310 e. The van der Waals surface area contributed by atoms with Crippen LogP contribution in [0, 0.1) is 0 Å². The number of imidazole rings is 1. The second-order valence-electron chi connectivity index (χ2n) is 12.2. The zero-order chi connectivity index (χ0) is 31.0. The van der Waals surface area contributed by atoms with Gasteiger partial charge in [0.15, 0.2) is 5.65 Å². The molecule has 220 valence electrons. The number of aromatic nitrogens is 3. The molecule has 1 aliphatic carbocycles. The Morgan fingerprint density at radius 1 is 0.447 bits per heavy atom. The van der Waals surface area contributed by atoms with Gasteiger partial charge >= 0.3 is 0 Å². The predicted molar refractivity (Wildman–Crippen MR) is 190 cm³/mol. The normalized spacial score (nSPS) is 13.7. The zero-order valence-corrected chi connectivity index (χ0v) is 25.5. The third-order valence-corrected chi connectivity index (χ3v) is 9.88. The summed E-state index contributed by atoms with van der Waals surface area (Å²) in [6.07, 6.45) is 1.80. The summed E-state index contributed by atoms with van der Waals surface area (Å²) in [5.74, 6) is 0.869. The third kappa shape index (κ3) is 3.52. The molecule has 2 aliphatic rings. The third-order valence-electron chi connectivity index (χ3n) is 9.88. The first-order valence-corrected chi connectivity index (χ1v) is 16.0. The van der Waals surface area contributed by atoms with E-state index in [0.717, 1.165) is 33.9 Å². The van der Waals surface area contributed by atoms with E-state index in [1.807, 2.05) is 12.1 Å². The first-order valence-electron chi connectivity index (χ1n) is 16.0. The molecule has 6 aromatic carbocycles. The number of para-hydroxylation sites is 3.